The zero-order chi connectivity index (χ0) is 20.6. The minimum atomic E-state index is -0.536. The van der Waals surface area contributed by atoms with Gasteiger partial charge in [0.2, 0.25) is 0 Å². The molecule has 0 aliphatic carbocycles. The van der Waals surface area contributed by atoms with Gasteiger partial charge in [-0.15, -0.1) is 0 Å². The van der Waals surface area contributed by atoms with Crippen LogP contribution in [0.5, 0.6) is 11.5 Å². The number of alkyl carbamates (subject to hydrolysis) is 1. The quantitative estimate of drug-likeness (QED) is 0.378. The summed E-state index contributed by atoms with van der Waals surface area (Å²) in [6, 6.07) is 15.6. The molecule has 2 rings (SSSR count). The second kappa shape index (κ2) is 10.5. The summed E-state index contributed by atoms with van der Waals surface area (Å²) in [4.78, 5) is 12.2. The van der Waals surface area contributed by atoms with Gasteiger partial charge < -0.3 is 19.5 Å². The Hall–Kier alpha value is -1.96. The number of amides is 1. The molecule has 1 amide bonds. The Morgan fingerprint density at radius 1 is 1.11 bits per heavy atom. The van der Waals surface area contributed by atoms with Gasteiger partial charge in [-0.05, 0) is 50.5 Å². The predicted molar refractivity (Wildman–Crippen MR) is 119 cm³/mol. The third kappa shape index (κ3) is 7.22. The van der Waals surface area contributed by atoms with Crippen LogP contribution in [-0.2, 0) is 11.3 Å². The van der Waals surface area contributed by atoms with Crippen LogP contribution in [0.15, 0.2) is 48.5 Å². The van der Waals surface area contributed by atoms with Crippen molar-refractivity contribution in [3.05, 3.63) is 59.7 Å². The molecule has 0 radical (unpaired) electrons. The van der Waals surface area contributed by atoms with Crippen molar-refractivity contribution in [2.24, 2.45) is 0 Å². The molecule has 0 heterocycles. The highest BCUT2D eigenvalue weighted by Gasteiger charge is 2.21. The van der Waals surface area contributed by atoms with E-state index in [4.69, 9.17) is 14.2 Å². The van der Waals surface area contributed by atoms with E-state index in [0.29, 0.717) is 18.1 Å². The number of rotatable bonds is 8. The van der Waals surface area contributed by atoms with E-state index in [1.54, 1.807) is 7.11 Å². The second-order valence-corrected chi connectivity index (χ2v) is 8.44. The van der Waals surface area contributed by atoms with E-state index in [-0.39, 0.29) is 6.04 Å². The van der Waals surface area contributed by atoms with Crippen LogP contribution in [0, 0.1) is 0 Å². The minimum absolute atomic E-state index is 0.163. The number of hydrogen-bond acceptors (Lipinski definition) is 4. The van der Waals surface area contributed by atoms with E-state index in [9.17, 15) is 4.79 Å². The summed E-state index contributed by atoms with van der Waals surface area (Å²) in [6.07, 6.45) is 0.360. The molecule has 1 atom stereocenters. The summed E-state index contributed by atoms with van der Waals surface area (Å²) in [7, 11) is 1.61. The van der Waals surface area contributed by atoms with Crippen LogP contribution in [-0.4, -0.2) is 23.2 Å². The number of halogens is 1. The lowest BCUT2D eigenvalue weighted by atomic mass is 10.0. The molecule has 0 aliphatic heterocycles. The third-order valence-electron chi connectivity index (χ3n) is 3.92. The molecule has 28 heavy (non-hydrogen) atoms. The smallest absolute Gasteiger partial charge is 0.408 e. The molecular formula is C22H28INO4. The van der Waals surface area contributed by atoms with Crippen molar-refractivity contribution in [3.63, 3.8) is 0 Å². The summed E-state index contributed by atoms with van der Waals surface area (Å²) in [5.74, 6) is 1.30. The lowest BCUT2D eigenvalue weighted by Gasteiger charge is -2.24. The highest BCUT2D eigenvalue weighted by molar-refractivity contribution is 14.1. The number of ether oxygens (including phenoxy) is 3. The van der Waals surface area contributed by atoms with Gasteiger partial charge in [0.15, 0.2) is 11.5 Å². The Morgan fingerprint density at radius 2 is 1.82 bits per heavy atom. The molecule has 1 unspecified atom stereocenters. The predicted octanol–water partition coefficient (Wildman–Crippen LogP) is 5.67. The van der Waals surface area contributed by atoms with Crippen molar-refractivity contribution >= 4 is 28.7 Å². The second-order valence-electron chi connectivity index (χ2n) is 7.36. The van der Waals surface area contributed by atoms with Gasteiger partial charge in [0.05, 0.1) is 13.2 Å². The average Bonchev–Trinajstić information content (AvgIpc) is 2.65. The Kier molecular flexibility index (Phi) is 8.41. The lowest BCUT2D eigenvalue weighted by Crippen LogP contribution is -2.35. The van der Waals surface area contributed by atoms with Crippen molar-refractivity contribution in [1.82, 2.24) is 5.32 Å². The van der Waals surface area contributed by atoms with Crippen molar-refractivity contribution in [2.45, 2.75) is 45.4 Å². The molecule has 2 aromatic carbocycles. The fourth-order valence-electron chi connectivity index (χ4n) is 2.64. The minimum Gasteiger partial charge on any atom is -0.493 e. The van der Waals surface area contributed by atoms with E-state index in [1.165, 1.54) is 0 Å². The van der Waals surface area contributed by atoms with Crippen LogP contribution >= 0.6 is 22.6 Å². The Labute approximate surface area is 180 Å². The Morgan fingerprint density at radius 3 is 2.43 bits per heavy atom. The van der Waals surface area contributed by atoms with Crippen molar-refractivity contribution in [3.8, 4) is 11.5 Å². The molecule has 2 aromatic rings. The van der Waals surface area contributed by atoms with Crippen LogP contribution in [0.1, 0.15) is 44.4 Å². The van der Waals surface area contributed by atoms with Crippen LogP contribution < -0.4 is 14.8 Å². The van der Waals surface area contributed by atoms with Crippen molar-refractivity contribution < 1.29 is 19.0 Å². The summed E-state index contributed by atoms with van der Waals surface area (Å²) in [5.41, 5.74) is 1.50. The van der Waals surface area contributed by atoms with E-state index < -0.39 is 11.7 Å². The van der Waals surface area contributed by atoms with Gasteiger partial charge in [-0.1, -0.05) is 59.0 Å². The maximum Gasteiger partial charge on any atom is 0.408 e. The van der Waals surface area contributed by atoms with Gasteiger partial charge in [0, 0.05) is 4.43 Å². The van der Waals surface area contributed by atoms with E-state index in [1.807, 2.05) is 69.3 Å². The number of alkyl halides is 1. The van der Waals surface area contributed by atoms with Crippen LogP contribution in [0.25, 0.3) is 0 Å². The number of carbonyl (C=O) groups is 1. The fourth-order valence-corrected chi connectivity index (χ4v) is 3.26. The molecule has 0 fully saturated rings. The number of carbonyl (C=O) groups excluding carboxylic acids is 1. The van der Waals surface area contributed by atoms with E-state index in [2.05, 4.69) is 27.9 Å². The van der Waals surface area contributed by atoms with Gasteiger partial charge in [0.1, 0.15) is 12.2 Å². The molecule has 1 N–H and O–H groups in total. The zero-order valence-electron chi connectivity index (χ0n) is 16.8. The molecule has 0 aromatic heterocycles. The molecular weight excluding hydrogens is 469 g/mol. The first-order chi connectivity index (χ1) is 13.3. The highest BCUT2D eigenvalue weighted by atomic mass is 127. The normalized spacial score (nSPS) is 12.2. The Balaban J connectivity index is 2.12. The summed E-state index contributed by atoms with van der Waals surface area (Å²) < 4.78 is 17.7. The van der Waals surface area contributed by atoms with Gasteiger partial charge in [0.25, 0.3) is 0 Å². The van der Waals surface area contributed by atoms with E-state index in [0.717, 1.165) is 22.0 Å². The Bertz CT molecular complexity index is 759. The topological polar surface area (TPSA) is 56.8 Å². The zero-order valence-corrected chi connectivity index (χ0v) is 19.0. The molecule has 0 saturated carbocycles. The summed E-state index contributed by atoms with van der Waals surface area (Å²) in [6.45, 7) is 6.01. The van der Waals surface area contributed by atoms with Crippen LogP contribution in [0.3, 0.4) is 0 Å². The van der Waals surface area contributed by atoms with Crippen LogP contribution in [0.4, 0.5) is 4.79 Å². The fraction of sp³-hybridized carbons (Fsp3) is 0.409. The third-order valence-corrected chi connectivity index (χ3v) is 4.54. The SMILES string of the molecule is COc1cc(C(CCI)NC(=O)OC(C)(C)C)ccc1OCc1ccccc1. The number of nitrogens with one attached hydrogen (secondary N) is 1. The first-order valence-electron chi connectivity index (χ1n) is 9.22. The molecule has 152 valence electrons. The lowest BCUT2D eigenvalue weighted by molar-refractivity contribution is 0.0502. The van der Waals surface area contributed by atoms with Crippen molar-refractivity contribution in [1.29, 1.82) is 0 Å². The first-order valence-corrected chi connectivity index (χ1v) is 10.7. The number of benzene rings is 2. The monoisotopic (exact) mass is 497 g/mol. The molecule has 5 nitrogen and oxygen atoms in total. The van der Waals surface area contributed by atoms with Gasteiger partial charge >= 0.3 is 6.09 Å². The van der Waals surface area contributed by atoms with Gasteiger partial charge in [-0.25, -0.2) is 4.79 Å². The van der Waals surface area contributed by atoms with Gasteiger partial charge in [-0.3, -0.25) is 0 Å². The summed E-state index contributed by atoms with van der Waals surface area (Å²) >= 11 is 2.30. The van der Waals surface area contributed by atoms with Crippen molar-refractivity contribution in [2.75, 3.05) is 11.5 Å². The number of hydrogen-bond donors (Lipinski definition) is 1. The van der Waals surface area contributed by atoms with E-state index >= 15 is 0 Å². The average molecular weight is 497 g/mol. The van der Waals surface area contributed by atoms with Crippen LogP contribution in [0.2, 0.25) is 0 Å². The molecule has 0 aliphatic rings. The van der Waals surface area contributed by atoms with Gasteiger partial charge in [-0.2, -0.15) is 0 Å². The maximum absolute atomic E-state index is 12.2. The highest BCUT2D eigenvalue weighted by Crippen LogP contribution is 2.32. The standard InChI is InChI=1S/C22H28INO4/c1-22(2,3)28-21(25)24-18(12-13-23)17-10-11-19(20(14-17)26-4)27-15-16-8-6-5-7-9-16/h5-11,14,18H,12-13,15H2,1-4H3,(H,24,25). The number of methoxy groups -OCH3 is 1. The molecule has 0 bridgehead atoms. The molecule has 6 heteroatoms. The molecule has 0 saturated heterocycles. The largest absolute Gasteiger partial charge is 0.493 e. The maximum atomic E-state index is 12.2. The molecule has 0 spiro atoms. The first kappa shape index (κ1) is 22.3. The summed E-state index contributed by atoms with van der Waals surface area (Å²) in [5, 5.41) is 2.96.